The Bertz CT molecular complexity index is 640. The molecule has 1 atom stereocenters. The molecule has 0 aliphatic rings. The number of benzene rings is 1. The number of hydrogen-bond donors (Lipinski definition) is 1. The Morgan fingerprint density at radius 2 is 2.05 bits per heavy atom. The quantitative estimate of drug-likeness (QED) is 0.672. The summed E-state index contributed by atoms with van der Waals surface area (Å²) in [5.41, 5.74) is 0.578. The molecule has 7 nitrogen and oxygen atoms in total. The highest BCUT2D eigenvalue weighted by molar-refractivity contribution is 5.49. The van der Waals surface area contributed by atoms with Gasteiger partial charge >= 0.3 is 0 Å². The molecule has 2 rings (SSSR count). The SMILES string of the molecule is COc1cc([N+](=O)[O-])ccc1Oc1ccc(C(C)O)cn1. The maximum Gasteiger partial charge on any atom is 0.273 e. The van der Waals surface area contributed by atoms with Crippen molar-refractivity contribution in [1.82, 2.24) is 4.98 Å². The largest absolute Gasteiger partial charge is 0.493 e. The molecule has 1 unspecified atom stereocenters. The van der Waals surface area contributed by atoms with E-state index in [1.54, 1.807) is 19.1 Å². The Balaban J connectivity index is 2.24. The number of pyridine rings is 1. The molecule has 0 spiro atoms. The van der Waals surface area contributed by atoms with Gasteiger partial charge in [0, 0.05) is 18.3 Å². The lowest BCUT2D eigenvalue weighted by molar-refractivity contribution is -0.384. The topological polar surface area (TPSA) is 94.7 Å². The molecular formula is C14H14N2O5. The van der Waals surface area contributed by atoms with Crippen molar-refractivity contribution in [2.75, 3.05) is 7.11 Å². The molecule has 0 amide bonds. The van der Waals surface area contributed by atoms with E-state index >= 15 is 0 Å². The number of methoxy groups -OCH3 is 1. The van der Waals surface area contributed by atoms with E-state index in [4.69, 9.17) is 9.47 Å². The third-order valence-corrected chi connectivity index (χ3v) is 2.81. The number of nitro benzene ring substituents is 1. The lowest BCUT2D eigenvalue weighted by Gasteiger charge is -2.10. The van der Waals surface area contributed by atoms with Gasteiger partial charge in [0.1, 0.15) is 0 Å². The zero-order valence-electron chi connectivity index (χ0n) is 11.5. The van der Waals surface area contributed by atoms with Gasteiger partial charge in [-0.2, -0.15) is 0 Å². The van der Waals surface area contributed by atoms with Crippen LogP contribution in [0.25, 0.3) is 0 Å². The van der Waals surface area contributed by atoms with Crippen LogP contribution in [0.15, 0.2) is 36.5 Å². The molecular weight excluding hydrogens is 276 g/mol. The van der Waals surface area contributed by atoms with E-state index in [0.29, 0.717) is 17.2 Å². The molecule has 1 aromatic carbocycles. The molecule has 0 saturated carbocycles. The Labute approximate surface area is 120 Å². The van der Waals surface area contributed by atoms with Gasteiger partial charge in [-0.05, 0) is 24.6 Å². The number of aromatic nitrogens is 1. The number of nitro groups is 1. The second-order valence-electron chi connectivity index (χ2n) is 4.30. The zero-order valence-corrected chi connectivity index (χ0v) is 11.5. The number of aliphatic hydroxyl groups excluding tert-OH is 1. The Morgan fingerprint density at radius 3 is 2.57 bits per heavy atom. The molecule has 0 aliphatic heterocycles. The fourth-order valence-corrected chi connectivity index (χ4v) is 1.67. The molecule has 0 radical (unpaired) electrons. The first-order valence-electron chi connectivity index (χ1n) is 6.15. The molecule has 0 aliphatic carbocycles. The van der Waals surface area contributed by atoms with Gasteiger partial charge in [0.2, 0.25) is 5.88 Å². The normalized spacial score (nSPS) is 11.8. The number of rotatable bonds is 5. The van der Waals surface area contributed by atoms with Crippen molar-refractivity contribution >= 4 is 5.69 Å². The summed E-state index contributed by atoms with van der Waals surface area (Å²) >= 11 is 0. The van der Waals surface area contributed by atoms with E-state index in [9.17, 15) is 15.2 Å². The third kappa shape index (κ3) is 3.46. The second kappa shape index (κ2) is 6.19. The van der Waals surface area contributed by atoms with E-state index in [1.807, 2.05) is 0 Å². The van der Waals surface area contributed by atoms with Crippen molar-refractivity contribution in [2.45, 2.75) is 13.0 Å². The summed E-state index contributed by atoms with van der Waals surface area (Å²) in [7, 11) is 1.40. The van der Waals surface area contributed by atoms with Crippen molar-refractivity contribution < 1.29 is 19.5 Å². The zero-order chi connectivity index (χ0) is 15.4. The average molecular weight is 290 g/mol. The van der Waals surface area contributed by atoms with Gasteiger partial charge in [0.05, 0.1) is 24.2 Å². The first kappa shape index (κ1) is 14.7. The van der Waals surface area contributed by atoms with E-state index in [0.717, 1.165) is 0 Å². The number of non-ortho nitro benzene ring substituents is 1. The number of aliphatic hydroxyl groups is 1. The minimum atomic E-state index is -0.611. The molecule has 110 valence electrons. The fraction of sp³-hybridized carbons (Fsp3) is 0.214. The minimum absolute atomic E-state index is 0.0865. The lowest BCUT2D eigenvalue weighted by Crippen LogP contribution is -1.96. The Hall–Kier alpha value is -2.67. The van der Waals surface area contributed by atoms with E-state index in [-0.39, 0.29) is 11.4 Å². The molecule has 0 saturated heterocycles. The van der Waals surface area contributed by atoms with Crippen molar-refractivity contribution in [1.29, 1.82) is 0 Å². The standard InChI is InChI=1S/C14H14N2O5/c1-9(17)10-3-6-14(15-8-10)21-12-5-4-11(16(18)19)7-13(12)20-2/h3-9,17H,1-2H3. The van der Waals surface area contributed by atoms with Crippen molar-refractivity contribution in [3.05, 3.63) is 52.2 Å². The fourth-order valence-electron chi connectivity index (χ4n) is 1.67. The van der Waals surface area contributed by atoms with E-state index in [2.05, 4.69) is 4.98 Å². The second-order valence-corrected chi connectivity index (χ2v) is 4.30. The number of ether oxygens (including phenoxy) is 2. The molecule has 1 N–H and O–H groups in total. The van der Waals surface area contributed by atoms with Gasteiger partial charge in [-0.15, -0.1) is 0 Å². The van der Waals surface area contributed by atoms with E-state index in [1.165, 1.54) is 31.5 Å². The number of nitrogens with zero attached hydrogens (tertiary/aromatic N) is 2. The maximum absolute atomic E-state index is 10.7. The van der Waals surface area contributed by atoms with Crippen LogP contribution >= 0.6 is 0 Å². The van der Waals surface area contributed by atoms with Crippen LogP contribution < -0.4 is 9.47 Å². The number of hydrogen-bond acceptors (Lipinski definition) is 6. The van der Waals surface area contributed by atoms with Crippen molar-refractivity contribution in [3.8, 4) is 17.4 Å². The van der Waals surface area contributed by atoms with Gasteiger partial charge in [0.15, 0.2) is 11.5 Å². The van der Waals surface area contributed by atoms with Crippen LogP contribution in [0.1, 0.15) is 18.6 Å². The third-order valence-electron chi connectivity index (χ3n) is 2.81. The van der Waals surface area contributed by atoms with Crippen molar-refractivity contribution in [2.24, 2.45) is 0 Å². The highest BCUT2D eigenvalue weighted by Crippen LogP contribution is 2.34. The predicted molar refractivity (Wildman–Crippen MR) is 74.6 cm³/mol. The summed E-state index contributed by atoms with van der Waals surface area (Å²) in [5, 5.41) is 20.1. The Kier molecular flexibility index (Phi) is 4.34. The highest BCUT2D eigenvalue weighted by Gasteiger charge is 2.13. The van der Waals surface area contributed by atoms with Crippen LogP contribution in [-0.4, -0.2) is 22.1 Å². The summed E-state index contributed by atoms with van der Waals surface area (Å²) in [6.45, 7) is 1.64. The average Bonchev–Trinajstić information content (AvgIpc) is 2.48. The minimum Gasteiger partial charge on any atom is -0.493 e. The summed E-state index contributed by atoms with van der Waals surface area (Å²) in [5.74, 6) is 0.859. The monoisotopic (exact) mass is 290 g/mol. The summed E-state index contributed by atoms with van der Waals surface area (Å²) in [6, 6.07) is 7.33. The van der Waals surface area contributed by atoms with Crippen LogP contribution in [-0.2, 0) is 0 Å². The van der Waals surface area contributed by atoms with E-state index < -0.39 is 11.0 Å². The van der Waals surface area contributed by atoms with Gasteiger partial charge in [-0.3, -0.25) is 10.1 Å². The molecule has 2 aromatic rings. The molecule has 1 aromatic heterocycles. The molecule has 21 heavy (non-hydrogen) atoms. The first-order chi connectivity index (χ1) is 10.0. The van der Waals surface area contributed by atoms with Gasteiger partial charge in [-0.1, -0.05) is 0 Å². The van der Waals surface area contributed by atoms with Gasteiger partial charge in [0.25, 0.3) is 5.69 Å². The molecule has 1 heterocycles. The van der Waals surface area contributed by atoms with Crippen LogP contribution in [0.2, 0.25) is 0 Å². The summed E-state index contributed by atoms with van der Waals surface area (Å²) in [4.78, 5) is 14.3. The van der Waals surface area contributed by atoms with Crippen LogP contribution in [0.5, 0.6) is 17.4 Å². The smallest absolute Gasteiger partial charge is 0.273 e. The molecule has 0 bridgehead atoms. The highest BCUT2D eigenvalue weighted by atomic mass is 16.6. The van der Waals surface area contributed by atoms with Crippen LogP contribution in [0.3, 0.4) is 0 Å². The van der Waals surface area contributed by atoms with Gasteiger partial charge in [-0.25, -0.2) is 4.98 Å². The maximum atomic E-state index is 10.7. The Morgan fingerprint density at radius 1 is 1.29 bits per heavy atom. The summed E-state index contributed by atoms with van der Waals surface area (Å²) in [6.07, 6.45) is 0.887. The summed E-state index contributed by atoms with van der Waals surface area (Å²) < 4.78 is 10.6. The predicted octanol–water partition coefficient (Wildman–Crippen LogP) is 2.84. The molecule has 7 heteroatoms. The van der Waals surface area contributed by atoms with Gasteiger partial charge < -0.3 is 14.6 Å². The van der Waals surface area contributed by atoms with Crippen LogP contribution in [0, 0.1) is 10.1 Å². The molecule has 0 fully saturated rings. The lowest BCUT2D eigenvalue weighted by atomic mass is 10.2. The van der Waals surface area contributed by atoms with Crippen molar-refractivity contribution in [3.63, 3.8) is 0 Å². The first-order valence-corrected chi connectivity index (χ1v) is 6.15. The van der Waals surface area contributed by atoms with Crippen LogP contribution in [0.4, 0.5) is 5.69 Å².